The van der Waals surface area contributed by atoms with Gasteiger partial charge in [0, 0.05) is 12.6 Å². The number of hydrogen-bond donors (Lipinski definition) is 2. The van der Waals surface area contributed by atoms with E-state index in [0.717, 1.165) is 19.4 Å². The molecule has 0 bridgehead atoms. The largest absolute Gasteiger partial charge is 0.378 e. The second kappa shape index (κ2) is 6.32. The van der Waals surface area contributed by atoms with Crippen molar-refractivity contribution in [2.24, 2.45) is 5.84 Å². The monoisotopic (exact) mass is 248 g/mol. The van der Waals surface area contributed by atoms with Crippen molar-refractivity contribution in [2.75, 3.05) is 6.61 Å². The Bertz CT molecular complexity index is 366. The number of hydrogen-bond acceptors (Lipinski definition) is 3. The molecular formula is C15H24N2O. The van der Waals surface area contributed by atoms with Gasteiger partial charge < -0.3 is 4.74 Å². The highest BCUT2D eigenvalue weighted by Crippen LogP contribution is 2.25. The lowest BCUT2D eigenvalue weighted by molar-refractivity contribution is 0.00502. The minimum absolute atomic E-state index is 0.187. The van der Waals surface area contributed by atoms with E-state index in [2.05, 4.69) is 37.5 Å². The fraction of sp³-hybridized carbons (Fsp3) is 0.600. The molecule has 1 aromatic carbocycles. The van der Waals surface area contributed by atoms with Crippen molar-refractivity contribution < 1.29 is 4.74 Å². The molecule has 3 heteroatoms. The fourth-order valence-corrected chi connectivity index (χ4v) is 2.77. The molecule has 0 aromatic heterocycles. The third-order valence-corrected chi connectivity index (χ3v) is 3.62. The normalized spacial score (nSPS) is 21.8. The fourth-order valence-electron chi connectivity index (χ4n) is 2.77. The zero-order valence-corrected chi connectivity index (χ0v) is 11.4. The highest BCUT2D eigenvalue weighted by Gasteiger charge is 2.20. The molecule has 18 heavy (non-hydrogen) atoms. The molecule has 3 nitrogen and oxygen atoms in total. The molecule has 0 aliphatic carbocycles. The highest BCUT2D eigenvalue weighted by molar-refractivity contribution is 5.30. The van der Waals surface area contributed by atoms with Crippen LogP contribution in [0, 0.1) is 13.8 Å². The lowest BCUT2D eigenvalue weighted by atomic mass is 9.95. The molecule has 3 N–H and O–H groups in total. The van der Waals surface area contributed by atoms with Gasteiger partial charge >= 0.3 is 0 Å². The van der Waals surface area contributed by atoms with Crippen LogP contribution in [0.3, 0.4) is 0 Å². The van der Waals surface area contributed by atoms with Crippen LogP contribution in [0.4, 0.5) is 0 Å². The maximum Gasteiger partial charge on any atom is 0.0593 e. The van der Waals surface area contributed by atoms with Gasteiger partial charge in [0.2, 0.25) is 0 Å². The summed E-state index contributed by atoms with van der Waals surface area (Å²) in [6, 6.07) is 6.79. The Hall–Kier alpha value is -0.900. The second-order valence-electron chi connectivity index (χ2n) is 5.36. The Kier molecular flexibility index (Phi) is 4.75. The van der Waals surface area contributed by atoms with Crippen LogP contribution in [0.15, 0.2) is 18.2 Å². The van der Waals surface area contributed by atoms with E-state index in [4.69, 9.17) is 10.6 Å². The number of benzene rings is 1. The average molecular weight is 248 g/mol. The number of nitrogens with two attached hydrogens (primary N) is 1. The van der Waals surface area contributed by atoms with Crippen molar-refractivity contribution in [1.29, 1.82) is 0 Å². The van der Waals surface area contributed by atoms with Crippen LogP contribution in [0.1, 0.15) is 48.4 Å². The molecule has 0 spiro atoms. The molecule has 2 atom stereocenters. The van der Waals surface area contributed by atoms with Crippen molar-refractivity contribution >= 4 is 0 Å². The van der Waals surface area contributed by atoms with Crippen molar-refractivity contribution in [3.8, 4) is 0 Å². The number of rotatable bonds is 4. The van der Waals surface area contributed by atoms with Gasteiger partial charge in [0.1, 0.15) is 0 Å². The Labute approximate surface area is 110 Å². The molecule has 1 aromatic rings. The van der Waals surface area contributed by atoms with Crippen LogP contribution in [0.5, 0.6) is 0 Å². The Morgan fingerprint density at radius 2 is 2.00 bits per heavy atom. The molecule has 0 saturated carbocycles. The molecule has 1 saturated heterocycles. The number of ether oxygens (including phenoxy) is 1. The predicted molar refractivity (Wildman–Crippen MR) is 74.2 cm³/mol. The second-order valence-corrected chi connectivity index (χ2v) is 5.36. The number of hydrazine groups is 1. The molecule has 1 heterocycles. The summed E-state index contributed by atoms with van der Waals surface area (Å²) in [5.74, 6) is 5.72. The van der Waals surface area contributed by atoms with Gasteiger partial charge in [-0.15, -0.1) is 0 Å². The maximum atomic E-state index is 5.80. The number of nitrogens with one attached hydrogen (secondary N) is 1. The van der Waals surface area contributed by atoms with Crippen molar-refractivity contribution in [1.82, 2.24) is 5.43 Å². The van der Waals surface area contributed by atoms with Crippen molar-refractivity contribution in [3.63, 3.8) is 0 Å². The molecule has 0 amide bonds. The Morgan fingerprint density at radius 1 is 1.28 bits per heavy atom. The van der Waals surface area contributed by atoms with Crippen LogP contribution in [-0.2, 0) is 4.74 Å². The molecule has 1 aliphatic heterocycles. The average Bonchev–Trinajstić information content (AvgIpc) is 2.36. The van der Waals surface area contributed by atoms with Gasteiger partial charge in [-0.3, -0.25) is 11.3 Å². The van der Waals surface area contributed by atoms with Gasteiger partial charge in [-0.05, 0) is 45.1 Å². The van der Waals surface area contributed by atoms with E-state index in [-0.39, 0.29) is 6.04 Å². The molecule has 0 radical (unpaired) electrons. The third-order valence-electron chi connectivity index (χ3n) is 3.62. The lowest BCUT2D eigenvalue weighted by Crippen LogP contribution is -2.33. The van der Waals surface area contributed by atoms with E-state index in [1.54, 1.807) is 0 Å². The van der Waals surface area contributed by atoms with Gasteiger partial charge in [0.25, 0.3) is 0 Å². The maximum absolute atomic E-state index is 5.80. The van der Waals surface area contributed by atoms with Crippen LogP contribution in [0.25, 0.3) is 0 Å². The highest BCUT2D eigenvalue weighted by atomic mass is 16.5. The molecule has 1 fully saturated rings. The van der Waals surface area contributed by atoms with Crippen molar-refractivity contribution in [3.05, 3.63) is 34.9 Å². The molecule has 2 rings (SSSR count). The Balaban J connectivity index is 2.06. The van der Waals surface area contributed by atoms with Gasteiger partial charge in [-0.1, -0.05) is 29.3 Å². The summed E-state index contributed by atoms with van der Waals surface area (Å²) in [5.41, 5.74) is 6.78. The first-order chi connectivity index (χ1) is 8.69. The van der Waals surface area contributed by atoms with E-state index in [0.29, 0.717) is 6.10 Å². The van der Waals surface area contributed by atoms with Gasteiger partial charge in [0.15, 0.2) is 0 Å². The molecular weight excluding hydrogens is 224 g/mol. The van der Waals surface area contributed by atoms with Crippen molar-refractivity contribution in [2.45, 2.75) is 51.7 Å². The van der Waals surface area contributed by atoms with E-state index < -0.39 is 0 Å². The molecule has 1 aliphatic rings. The summed E-state index contributed by atoms with van der Waals surface area (Å²) >= 11 is 0. The first-order valence-electron chi connectivity index (χ1n) is 6.85. The van der Waals surface area contributed by atoms with Gasteiger partial charge in [0.05, 0.1) is 6.10 Å². The van der Waals surface area contributed by atoms with E-state index in [9.17, 15) is 0 Å². The predicted octanol–water partition coefficient (Wildman–Crippen LogP) is 2.77. The van der Waals surface area contributed by atoms with Gasteiger partial charge in [-0.25, -0.2) is 0 Å². The SMILES string of the molecule is Cc1cc(C)cc(C(CC2CCCCO2)NN)c1. The quantitative estimate of drug-likeness (QED) is 0.636. The minimum atomic E-state index is 0.187. The topological polar surface area (TPSA) is 47.3 Å². The van der Waals surface area contributed by atoms with Crippen LogP contribution in [-0.4, -0.2) is 12.7 Å². The molecule has 2 unspecified atom stereocenters. The van der Waals surface area contributed by atoms with Crippen LogP contribution < -0.4 is 11.3 Å². The van der Waals surface area contributed by atoms with E-state index in [1.807, 2.05) is 0 Å². The third kappa shape index (κ3) is 3.55. The van der Waals surface area contributed by atoms with Crippen LogP contribution in [0.2, 0.25) is 0 Å². The summed E-state index contributed by atoms with van der Waals surface area (Å²) in [6.07, 6.45) is 4.93. The summed E-state index contributed by atoms with van der Waals surface area (Å²) in [7, 11) is 0. The lowest BCUT2D eigenvalue weighted by Gasteiger charge is -2.27. The van der Waals surface area contributed by atoms with Crippen LogP contribution >= 0.6 is 0 Å². The minimum Gasteiger partial charge on any atom is -0.378 e. The smallest absolute Gasteiger partial charge is 0.0593 e. The Morgan fingerprint density at radius 3 is 2.56 bits per heavy atom. The van der Waals surface area contributed by atoms with E-state index in [1.165, 1.54) is 29.5 Å². The summed E-state index contributed by atoms with van der Waals surface area (Å²) < 4.78 is 5.80. The summed E-state index contributed by atoms with van der Waals surface area (Å²) in [4.78, 5) is 0. The first kappa shape index (κ1) is 13.5. The molecule has 100 valence electrons. The zero-order chi connectivity index (χ0) is 13.0. The zero-order valence-electron chi connectivity index (χ0n) is 11.4. The number of aryl methyl sites for hydroxylation is 2. The summed E-state index contributed by atoms with van der Waals surface area (Å²) in [5, 5.41) is 0. The first-order valence-corrected chi connectivity index (χ1v) is 6.85. The van der Waals surface area contributed by atoms with Gasteiger partial charge in [-0.2, -0.15) is 0 Å². The summed E-state index contributed by atoms with van der Waals surface area (Å²) in [6.45, 7) is 5.15. The van der Waals surface area contributed by atoms with E-state index >= 15 is 0 Å². The standard InChI is InChI=1S/C15H24N2O/c1-11-7-12(2)9-13(8-11)15(17-16)10-14-5-3-4-6-18-14/h7-9,14-15,17H,3-6,10,16H2,1-2H3.